The first-order valence-corrected chi connectivity index (χ1v) is 6.78. The molecule has 1 saturated heterocycles. The molecule has 1 atom stereocenters. The second-order valence-corrected chi connectivity index (χ2v) is 5.31. The monoisotopic (exact) mass is 280 g/mol. The summed E-state index contributed by atoms with van der Waals surface area (Å²) in [6.07, 6.45) is 1.66. The number of ether oxygens (including phenoxy) is 1. The standard InChI is InChI=1S/C14H20N2O4/c17-6-4-14(5-7-20-11-14)10-15-9-12-2-1-3-13(8-12)16(18)19/h1-3,8,15,17H,4-7,9-11H2/t14-/m0/s1. The van der Waals surface area contributed by atoms with Gasteiger partial charge in [-0.2, -0.15) is 0 Å². The minimum Gasteiger partial charge on any atom is -0.396 e. The van der Waals surface area contributed by atoms with Gasteiger partial charge in [-0.15, -0.1) is 0 Å². The van der Waals surface area contributed by atoms with Gasteiger partial charge < -0.3 is 15.2 Å². The van der Waals surface area contributed by atoms with Crippen molar-refractivity contribution in [2.24, 2.45) is 5.41 Å². The summed E-state index contributed by atoms with van der Waals surface area (Å²) in [5.74, 6) is 0. The predicted octanol–water partition coefficient (Wildman–Crippen LogP) is 1.47. The molecule has 6 heteroatoms. The lowest BCUT2D eigenvalue weighted by atomic mass is 9.84. The van der Waals surface area contributed by atoms with Crippen molar-refractivity contribution in [3.05, 3.63) is 39.9 Å². The maximum absolute atomic E-state index is 10.7. The highest BCUT2D eigenvalue weighted by Crippen LogP contribution is 2.31. The minimum absolute atomic E-state index is 0.00450. The van der Waals surface area contributed by atoms with E-state index in [1.54, 1.807) is 12.1 Å². The Kier molecular flexibility index (Phi) is 5.05. The molecule has 1 aliphatic rings. The fourth-order valence-corrected chi connectivity index (χ4v) is 2.56. The van der Waals surface area contributed by atoms with Gasteiger partial charge in [0.15, 0.2) is 0 Å². The highest BCUT2D eigenvalue weighted by Gasteiger charge is 2.33. The van der Waals surface area contributed by atoms with Crippen molar-refractivity contribution < 1.29 is 14.8 Å². The summed E-state index contributed by atoms with van der Waals surface area (Å²) in [7, 11) is 0. The minimum atomic E-state index is -0.387. The van der Waals surface area contributed by atoms with Gasteiger partial charge in [0.05, 0.1) is 11.5 Å². The Morgan fingerprint density at radius 3 is 3.00 bits per heavy atom. The molecule has 1 aromatic rings. The number of rotatable bonds is 7. The van der Waals surface area contributed by atoms with E-state index in [4.69, 9.17) is 9.84 Å². The summed E-state index contributed by atoms with van der Waals surface area (Å²) < 4.78 is 5.43. The van der Waals surface area contributed by atoms with Crippen molar-refractivity contribution in [2.75, 3.05) is 26.4 Å². The van der Waals surface area contributed by atoms with Crippen molar-refractivity contribution in [1.82, 2.24) is 5.32 Å². The molecule has 6 nitrogen and oxygen atoms in total. The van der Waals surface area contributed by atoms with Gasteiger partial charge in [0.2, 0.25) is 0 Å². The molecule has 1 heterocycles. The summed E-state index contributed by atoms with van der Waals surface area (Å²) in [5.41, 5.74) is 0.992. The van der Waals surface area contributed by atoms with Crippen LogP contribution in [-0.4, -0.2) is 36.4 Å². The van der Waals surface area contributed by atoms with E-state index in [9.17, 15) is 10.1 Å². The number of nitrogens with one attached hydrogen (secondary N) is 1. The van der Waals surface area contributed by atoms with Crippen molar-refractivity contribution in [1.29, 1.82) is 0 Å². The number of hydrogen-bond acceptors (Lipinski definition) is 5. The molecule has 2 rings (SSSR count). The number of nitro benzene ring substituents is 1. The van der Waals surface area contributed by atoms with Gasteiger partial charge in [0.1, 0.15) is 0 Å². The lowest BCUT2D eigenvalue weighted by Gasteiger charge is -2.26. The smallest absolute Gasteiger partial charge is 0.269 e. The molecule has 1 aliphatic heterocycles. The summed E-state index contributed by atoms with van der Waals surface area (Å²) in [6.45, 7) is 2.88. The molecule has 0 amide bonds. The lowest BCUT2D eigenvalue weighted by molar-refractivity contribution is -0.384. The van der Waals surface area contributed by atoms with Crippen LogP contribution < -0.4 is 5.32 Å². The number of hydrogen-bond donors (Lipinski definition) is 2. The molecule has 0 unspecified atom stereocenters. The Hall–Kier alpha value is -1.50. The fraction of sp³-hybridized carbons (Fsp3) is 0.571. The quantitative estimate of drug-likeness (QED) is 0.583. The zero-order chi connectivity index (χ0) is 14.4. The first-order chi connectivity index (χ1) is 9.65. The Bertz CT molecular complexity index is 458. The molecular formula is C14H20N2O4. The first kappa shape index (κ1) is 14.9. The Balaban J connectivity index is 1.88. The van der Waals surface area contributed by atoms with Crippen LogP contribution in [0.5, 0.6) is 0 Å². The van der Waals surface area contributed by atoms with Crippen LogP contribution in [0.25, 0.3) is 0 Å². The normalized spacial score (nSPS) is 22.1. The molecule has 0 aliphatic carbocycles. The van der Waals surface area contributed by atoms with Crippen LogP contribution in [0.15, 0.2) is 24.3 Å². The van der Waals surface area contributed by atoms with E-state index in [0.717, 1.165) is 31.6 Å². The molecule has 20 heavy (non-hydrogen) atoms. The third-order valence-corrected chi connectivity index (χ3v) is 3.78. The average Bonchev–Trinajstić information content (AvgIpc) is 2.88. The number of benzene rings is 1. The molecule has 1 aromatic carbocycles. The predicted molar refractivity (Wildman–Crippen MR) is 74.4 cm³/mol. The third-order valence-electron chi connectivity index (χ3n) is 3.78. The van der Waals surface area contributed by atoms with Gasteiger partial charge in [-0.3, -0.25) is 10.1 Å². The van der Waals surface area contributed by atoms with E-state index in [-0.39, 0.29) is 22.6 Å². The SMILES string of the molecule is O=[N+]([O-])c1cccc(CNC[C@]2(CCO)CCOC2)c1. The van der Waals surface area contributed by atoms with Gasteiger partial charge in [-0.25, -0.2) is 0 Å². The zero-order valence-electron chi connectivity index (χ0n) is 11.4. The lowest BCUT2D eigenvalue weighted by Crippen LogP contribution is -2.35. The second-order valence-electron chi connectivity index (χ2n) is 5.31. The summed E-state index contributed by atoms with van der Waals surface area (Å²) >= 11 is 0. The van der Waals surface area contributed by atoms with Gasteiger partial charge in [0, 0.05) is 43.9 Å². The van der Waals surface area contributed by atoms with Gasteiger partial charge in [0.25, 0.3) is 5.69 Å². The largest absolute Gasteiger partial charge is 0.396 e. The van der Waals surface area contributed by atoms with E-state index in [1.807, 2.05) is 6.07 Å². The Labute approximate surface area is 117 Å². The third kappa shape index (κ3) is 3.75. The summed E-state index contributed by atoms with van der Waals surface area (Å²) in [5, 5.41) is 23.2. The molecule has 0 radical (unpaired) electrons. The fourth-order valence-electron chi connectivity index (χ4n) is 2.56. The molecule has 0 spiro atoms. The van der Waals surface area contributed by atoms with Crippen LogP contribution >= 0.6 is 0 Å². The Morgan fingerprint density at radius 2 is 2.35 bits per heavy atom. The van der Waals surface area contributed by atoms with Crippen LogP contribution in [0.4, 0.5) is 5.69 Å². The van der Waals surface area contributed by atoms with Crippen LogP contribution in [0, 0.1) is 15.5 Å². The molecule has 110 valence electrons. The molecule has 0 bridgehead atoms. The molecule has 0 saturated carbocycles. The van der Waals surface area contributed by atoms with E-state index in [0.29, 0.717) is 13.2 Å². The molecule has 1 fully saturated rings. The Morgan fingerprint density at radius 1 is 1.50 bits per heavy atom. The van der Waals surface area contributed by atoms with Crippen molar-refractivity contribution in [3.63, 3.8) is 0 Å². The van der Waals surface area contributed by atoms with E-state index >= 15 is 0 Å². The summed E-state index contributed by atoms with van der Waals surface area (Å²) in [4.78, 5) is 10.3. The van der Waals surface area contributed by atoms with Crippen molar-refractivity contribution in [3.8, 4) is 0 Å². The maximum Gasteiger partial charge on any atom is 0.269 e. The second kappa shape index (κ2) is 6.78. The average molecular weight is 280 g/mol. The van der Waals surface area contributed by atoms with E-state index in [2.05, 4.69) is 5.32 Å². The highest BCUT2D eigenvalue weighted by atomic mass is 16.6. The molecule has 0 aromatic heterocycles. The van der Waals surface area contributed by atoms with E-state index < -0.39 is 0 Å². The number of aliphatic hydroxyl groups is 1. The van der Waals surface area contributed by atoms with Crippen molar-refractivity contribution in [2.45, 2.75) is 19.4 Å². The van der Waals surface area contributed by atoms with E-state index in [1.165, 1.54) is 6.07 Å². The van der Waals surface area contributed by atoms with Gasteiger partial charge >= 0.3 is 0 Å². The van der Waals surface area contributed by atoms with Gasteiger partial charge in [-0.05, 0) is 18.4 Å². The maximum atomic E-state index is 10.7. The zero-order valence-corrected chi connectivity index (χ0v) is 11.4. The number of nitro groups is 1. The van der Waals surface area contributed by atoms with Crippen LogP contribution in [0.3, 0.4) is 0 Å². The first-order valence-electron chi connectivity index (χ1n) is 6.78. The number of nitrogens with zero attached hydrogens (tertiary/aromatic N) is 1. The summed E-state index contributed by atoms with van der Waals surface area (Å²) in [6, 6.07) is 6.62. The number of aliphatic hydroxyl groups excluding tert-OH is 1. The van der Waals surface area contributed by atoms with Crippen LogP contribution in [0.2, 0.25) is 0 Å². The van der Waals surface area contributed by atoms with Gasteiger partial charge in [-0.1, -0.05) is 12.1 Å². The van der Waals surface area contributed by atoms with Crippen molar-refractivity contribution >= 4 is 5.69 Å². The topological polar surface area (TPSA) is 84.6 Å². The molecular weight excluding hydrogens is 260 g/mol. The molecule has 2 N–H and O–H groups in total. The number of non-ortho nitro benzene ring substituents is 1. The van der Waals surface area contributed by atoms with Crippen LogP contribution in [0.1, 0.15) is 18.4 Å². The highest BCUT2D eigenvalue weighted by molar-refractivity contribution is 5.34. The van der Waals surface area contributed by atoms with Crippen LogP contribution in [-0.2, 0) is 11.3 Å².